The second-order valence-corrected chi connectivity index (χ2v) is 9.87. The summed E-state index contributed by atoms with van der Waals surface area (Å²) in [7, 11) is -3.89. The van der Waals surface area contributed by atoms with Gasteiger partial charge in [0.05, 0.1) is 16.3 Å². The van der Waals surface area contributed by atoms with Crippen LogP contribution in [0.15, 0.2) is 51.8 Å². The van der Waals surface area contributed by atoms with E-state index >= 15 is 0 Å². The molecule has 0 saturated carbocycles. The van der Waals surface area contributed by atoms with Crippen molar-refractivity contribution in [3.63, 3.8) is 0 Å². The third kappa shape index (κ3) is 4.34. The van der Waals surface area contributed by atoms with Crippen molar-refractivity contribution in [2.24, 2.45) is 4.40 Å². The van der Waals surface area contributed by atoms with E-state index in [1.165, 1.54) is 6.07 Å². The minimum atomic E-state index is -3.89. The number of nitrogens with zero attached hydrogens (tertiary/aromatic N) is 3. The number of carbonyl (C=O) groups excluding carboxylic acids is 1. The Labute approximate surface area is 188 Å². The number of rotatable bonds is 5. The van der Waals surface area contributed by atoms with Crippen LogP contribution < -0.4 is 9.80 Å². The van der Waals surface area contributed by atoms with Gasteiger partial charge in [-0.1, -0.05) is 49.6 Å². The Morgan fingerprint density at radius 1 is 1.16 bits per heavy atom. The van der Waals surface area contributed by atoms with Crippen molar-refractivity contribution in [3.8, 4) is 0 Å². The van der Waals surface area contributed by atoms with E-state index in [1.54, 1.807) is 11.0 Å². The van der Waals surface area contributed by atoms with Crippen LogP contribution in [0.25, 0.3) is 0 Å². The molecule has 1 fully saturated rings. The number of para-hydroxylation sites is 1. The lowest BCUT2D eigenvalue weighted by Gasteiger charge is -2.30. The van der Waals surface area contributed by atoms with Gasteiger partial charge >= 0.3 is 0 Å². The van der Waals surface area contributed by atoms with Crippen LogP contribution in [0, 0.1) is 0 Å². The molecule has 0 unspecified atom stereocenters. The van der Waals surface area contributed by atoms with E-state index in [9.17, 15) is 13.2 Å². The van der Waals surface area contributed by atoms with Gasteiger partial charge in [0.2, 0.25) is 0 Å². The van der Waals surface area contributed by atoms with Crippen LogP contribution in [0.5, 0.6) is 0 Å². The molecule has 1 amide bonds. The first-order chi connectivity index (χ1) is 14.9. The van der Waals surface area contributed by atoms with Crippen LogP contribution in [0.1, 0.15) is 55.8 Å². The average Bonchev–Trinajstić information content (AvgIpc) is 2.99. The fourth-order valence-corrected chi connectivity index (χ4v) is 5.58. The molecule has 0 aliphatic carbocycles. The quantitative estimate of drug-likeness (QED) is 0.610. The van der Waals surface area contributed by atoms with Crippen LogP contribution in [0.3, 0.4) is 0 Å². The molecular weight excluding hydrogens is 434 g/mol. The van der Waals surface area contributed by atoms with Gasteiger partial charge in [0.1, 0.15) is 10.7 Å². The SMILES string of the molecule is CCCCN(C(=O)c1cc2c(cc1Cl)N1CCCCCC1=NS2(=O)=O)c1ccccc1. The van der Waals surface area contributed by atoms with Crippen molar-refractivity contribution in [3.05, 3.63) is 53.1 Å². The number of fused-ring (bicyclic) bond motifs is 3. The summed E-state index contributed by atoms with van der Waals surface area (Å²) in [6.07, 6.45) is 5.26. The molecule has 0 spiro atoms. The summed E-state index contributed by atoms with van der Waals surface area (Å²) in [5.74, 6) is 0.252. The molecule has 164 valence electrons. The smallest absolute Gasteiger partial charge is 0.286 e. The average molecular weight is 460 g/mol. The van der Waals surface area contributed by atoms with Crippen LogP contribution in [0.4, 0.5) is 11.4 Å². The summed E-state index contributed by atoms with van der Waals surface area (Å²) in [6.45, 7) is 3.27. The first-order valence-corrected chi connectivity index (χ1v) is 12.6. The summed E-state index contributed by atoms with van der Waals surface area (Å²) < 4.78 is 30.0. The van der Waals surface area contributed by atoms with E-state index in [0.717, 1.165) is 37.8 Å². The predicted octanol–water partition coefficient (Wildman–Crippen LogP) is 5.27. The monoisotopic (exact) mass is 459 g/mol. The van der Waals surface area contributed by atoms with E-state index < -0.39 is 10.0 Å². The number of amidine groups is 1. The lowest BCUT2D eigenvalue weighted by molar-refractivity contribution is 0.0986. The highest BCUT2D eigenvalue weighted by molar-refractivity contribution is 7.90. The van der Waals surface area contributed by atoms with E-state index in [2.05, 4.69) is 11.3 Å². The minimum absolute atomic E-state index is 0.0504. The van der Waals surface area contributed by atoms with E-state index in [-0.39, 0.29) is 21.4 Å². The Morgan fingerprint density at radius 3 is 2.68 bits per heavy atom. The first kappa shape index (κ1) is 21.8. The molecule has 0 atom stereocenters. The molecule has 2 aromatic rings. The maximum Gasteiger partial charge on any atom is 0.286 e. The molecule has 4 rings (SSSR count). The van der Waals surface area contributed by atoms with Crippen LogP contribution in [0.2, 0.25) is 5.02 Å². The predicted molar refractivity (Wildman–Crippen MR) is 125 cm³/mol. The molecule has 2 aliphatic heterocycles. The molecule has 0 aromatic heterocycles. The molecule has 2 heterocycles. The Bertz CT molecular complexity index is 1120. The van der Waals surface area contributed by atoms with E-state index in [4.69, 9.17) is 11.6 Å². The molecule has 1 saturated heterocycles. The van der Waals surface area contributed by atoms with Crippen molar-refractivity contribution in [1.82, 2.24) is 0 Å². The molecule has 31 heavy (non-hydrogen) atoms. The van der Waals surface area contributed by atoms with E-state index in [0.29, 0.717) is 31.0 Å². The third-order valence-electron chi connectivity index (χ3n) is 5.72. The van der Waals surface area contributed by atoms with Gasteiger partial charge in [-0.25, -0.2) is 0 Å². The summed E-state index contributed by atoms with van der Waals surface area (Å²) >= 11 is 6.58. The van der Waals surface area contributed by atoms with Crippen molar-refractivity contribution >= 4 is 44.7 Å². The number of benzene rings is 2. The zero-order valence-electron chi connectivity index (χ0n) is 17.6. The molecule has 2 aliphatic rings. The zero-order valence-corrected chi connectivity index (χ0v) is 19.1. The second-order valence-electron chi connectivity index (χ2n) is 7.89. The number of unbranched alkanes of at least 4 members (excludes halogenated alkanes) is 1. The van der Waals surface area contributed by atoms with Gasteiger partial charge in [0.15, 0.2) is 0 Å². The highest BCUT2D eigenvalue weighted by Crippen LogP contribution is 2.38. The number of anilines is 2. The largest absolute Gasteiger partial charge is 0.328 e. The van der Waals surface area contributed by atoms with Gasteiger partial charge in [0, 0.05) is 25.2 Å². The number of hydrogen-bond donors (Lipinski definition) is 0. The normalized spacial score (nSPS) is 17.2. The molecular formula is C23H26ClN3O3S. The highest BCUT2D eigenvalue weighted by Gasteiger charge is 2.34. The van der Waals surface area contributed by atoms with Gasteiger partial charge in [0.25, 0.3) is 15.9 Å². The number of halogens is 1. The van der Waals surface area contributed by atoms with Gasteiger partial charge < -0.3 is 9.80 Å². The third-order valence-corrected chi connectivity index (χ3v) is 7.36. The number of sulfonamides is 1. The highest BCUT2D eigenvalue weighted by atomic mass is 35.5. The van der Waals surface area contributed by atoms with Crippen molar-refractivity contribution in [2.75, 3.05) is 22.9 Å². The maximum atomic E-state index is 13.5. The van der Waals surface area contributed by atoms with Crippen molar-refractivity contribution in [2.45, 2.75) is 50.3 Å². The Morgan fingerprint density at radius 2 is 1.94 bits per heavy atom. The Balaban J connectivity index is 1.78. The molecule has 0 N–H and O–H groups in total. The van der Waals surface area contributed by atoms with Crippen molar-refractivity contribution in [1.29, 1.82) is 0 Å². The lowest BCUT2D eigenvalue weighted by atomic mass is 10.1. The van der Waals surface area contributed by atoms with Crippen LogP contribution in [-0.4, -0.2) is 33.3 Å². The fraction of sp³-hybridized carbons (Fsp3) is 0.391. The van der Waals surface area contributed by atoms with Gasteiger partial charge in [-0.05, 0) is 43.5 Å². The molecule has 6 nitrogen and oxygen atoms in total. The van der Waals surface area contributed by atoms with Gasteiger partial charge in [-0.2, -0.15) is 8.42 Å². The summed E-state index contributed by atoms with van der Waals surface area (Å²) in [5, 5.41) is 0.252. The van der Waals surface area contributed by atoms with Crippen LogP contribution in [-0.2, 0) is 10.0 Å². The minimum Gasteiger partial charge on any atom is -0.328 e. The molecule has 2 aromatic carbocycles. The molecule has 0 bridgehead atoms. The Kier molecular flexibility index (Phi) is 6.34. The standard InChI is InChI=1S/C23H26ClN3O3S/c1-2-3-13-26(17-10-6-4-7-11-17)23(28)18-15-21-20(16-19(18)24)27-14-9-5-8-12-22(27)25-31(21,29)30/h4,6-7,10-11,15-16H,2-3,5,8-9,12-14H2,1H3. The maximum absolute atomic E-state index is 13.5. The zero-order chi connectivity index (χ0) is 22.0. The number of hydrogen-bond acceptors (Lipinski definition) is 4. The Hall–Kier alpha value is -2.38. The molecule has 0 radical (unpaired) electrons. The first-order valence-electron chi connectivity index (χ1n) is 10.7. The van der Waals surface area contributed by atoms with Crippen LogP contribution >= 0.6 is 11.6 Å². The topological polar surface area (TPSA) is 70.1 Å². The molecule has 8 heteroatoms. The lowest BCUT2D eigenvalue weighted by Crippen LogP contribution is -2.36. The fourth-order valence-electron chi connectivity index (χ4n) is 4.08. The second kappa shape index (κ2) is 9.01. The number of amides is 1. The summed E-state index contributed by atoms with van der Waals surface area (Å²) in [5.41, 5.74) is 1.45. The van der Waals surface area contributed by atoms with Gasteiger partial charge in [-0.3, -0.25) is 4.79 Å². The van der Waals surface area contributed by atoms with Crippen molar-refractivity contribution < 1.29 is 13.2 Å². The summed E-state index contributed by atoms with van der Waals surface area (Å²) in [4.78, 5) is 17.2. The van der Waals surface area contributed by atoms with E-state index in [1.807, 2.05) is 35.2 Å². The number of carbonyl (C=O) groups is 1. The van der Waals surface area contributed by atoms with Gasteiger partial charge in [-0.15, -0.1) is 4.40 Å². The summed E-state index contributed by atoms with van der Waals surface area (Å²) in [6, 6.07) is 12.4.